The summed E-state index contributed by atoms with van der Waals surface area (Å²) >= 11 is 0. The zero-order valence-electron chi connectivity index (χ0n) is 21.5. The molecule has 10 heteroatoms. The number of rotatable bonds is 9. The number of carbonyl (C=O) groups is 1. The summed E-state index contributed by atoms with van der Waals surface area (Å²) in [5, 5.41) is 3.03. The zero-order valence-corrected chi connectivity index (χ0v) is 21.5. The molecule has 0 aliphatic carbocycles. The number of hydrogen-bond acceptors (Lipinski definition) is 6. The summed E-state index contributed by atoms with van der Waals surface area (Å²) in [5.74, 6) is 0.459. The highest BCUT2D eigenvalue weighted by Gasteiger charge is 2.35. The van der Waals surface area contributed by atoms with Crippen LogP contribution in [0.2, 0.25) is 0 Å². The number of benzene rings is 2. The number of halogens is 3. The van der Waals surface area contributed by atoms with Gasteiger partial charge in [0.25, 0.3) is 0 Å². The number of alkyl halides is 3. The number of hydrogen-bond donors (Lipinski definition) is 2. The van der Waals surface area contributed by atoms with Crippen LogP contribution in [0, 0.1) is 0 Å². The molecule has 202 valence electrons. The number of anilines is 2. The Morgan fingerprint density at radius 3 is 2.58 bits per heavy atom. The minimum Gasteiger partial charge on any atom is -0.495 e. The van der Waals surface area contributed by atoms with Crippen LogP contribution in [0.5, 0.6) is 5.75 Å². The highest BCUT2D eigenvalue weighted by molar-refractivity contribution is 5.92. The first-order valence-corrected chi connectivity index (χ1v) is 12.7. The minimum atomic E-state index is -4.60. The predicted octanol–water partition coefficient (Wildman–Crippen LogP) is 5.33. The van der Waals surface area contributed by atoms with Crippen molar-refractivity contribution in [3.63, 3.8) is 0 Å². The van der Waals surface area contributed by atoms with E-state index >= 15 is 0 Å². The van der Waals surface area contributed by atoms with Crippen LogP contribution >= 0.6 is 0 Å². The fourth-order valence-corrected chi connectivity index (χ4v) is 4.82. The van der Waals surface area contributed by atoms with Crippen LogP contribution in [0.1, 0.15) is 58.4 Å². The molecule has 4 rings (SSSR count). The molecule has 0 bridgehead atoms. The number of methoxy groups -OCH3 is 1. The van der Waals surface area contributed by atoms with Crippen molar-refractivity contribution in [2.45, 2.75) is 44.7 Å². The molecule has 3 aromatic rings. The molecule has 1 fully saturated rings. The van der Waals surface area contributed by atoms with Gasteiger partial charge in [0, 0.05) is 11.8 Å². The van der Waals surface area contributed by atoms with Crippen LogP contribution in [0.25, 0.3) is 0 Å². The highest BCUT2D eigenvalue weighted by atomic mass is 19.4. The molecule has 7 nitrogen and oxygen atoms in total. The molecular weight excluding hydrogens is 495 g/mol. The quantitative estimate of drug-likeness (QED) is 0.391. The summed E-state index contributed by atoms with van der Waals surface area (Å²) in [6.07, 6.45) is -1.42. The first-order valence-electron chi connectivity index (χ1n) is 12.7. The fourth-order valence-electron chi connectivity index (χ4n) is 4.82. The topological polar surface area (TPSA) is 93.4 Å². The molecule has 2 aromatic carbocycles. The van der Waals surface area contributed by atoms with E-state index in [0.29, 0.717) is 28.5 Å². The molecule has 1 aromatic heterocycles. The first-order chi connectivity index (χ1) is 18.2. The lowest BCUT2D eigenvalue weighted by Crippen LogP contribution is -2.32. The van der Waals surface area contributed by atoms with Crippen molar-refractivity contribution in [1.82, 2.24) is 14.9 Å². The Labute approximate surface area is 220 Å². The third kappa shape index (κ3) is 6.61. The summed E-state index contributed by atoms with van der Waals surface area (Å²) in [4.78, 5) is 22.0. The SMILES string of the molecule is CCN1CCC(c2ccc(Nc3ncc(C(F)(F)F)c(CCc4cccc(C(N)=O)c4)n3)c(OC)c2)CC1. The second-order valence-corrected chi connectivity index (χ2v) is 9.41. The number of amides is 1. The van der Waals surface area contributed by atoms with E-state index in [1.54, 1.807) is 31.4 Å². The second-order valence-electron chi connectivity index (χ2n) is 9.41. The van der Waals surface area contributed by atoms with Crippen LogP contribution < -0.4 is 15.8 Å². The number of aryl methyl sites for hydroxylation is 2. The Bertz CT molecular complexity index is 1270. The largest absolute Gasteiger partial charge is 0.495 e. The normalized spacial score (nSPS) is 14.9. The van der Waals surface area contributed by atoms with Crippen LogP contribution in [0.4, 0.5) is 24.8 Å². The maximum absolute atomic E-state index is 13.7. The van der Waals surface area contributed by atoms with Gasteiger partial charge in [0.15, 0.2) is 0 Å². The van der Waals surface area contributed by atoms with Gasteiger partial charge in [-0.05, 0) is 86.6 Å². The number of nitrogens with one attached hydrogen (secondary N) is 1. The van der Waals surface area contributed by atoms with E-state index in [2.05, 4.69) is 27.1 Å². The lowest BCUT2D eigenvalue weighted by Gasteiger charge is -2.31. The van der Waals surface area contributed by atoms with Crippen LogP contribution in [0.15, 0.2) is 48.7 Å². The van der Waals surface area contributed by atoms with Gasteiger partial charge in [-0.25, -0.2) is 9.97 Å². The molecule has 1 amide bonds. The summed E-state index contributed by atoms with van der Waals surface area (Å²) in [6, 6.07) is 12.4. The van der Waals surface area contributed by atoms with E-state index in [-0.39, 0.29) is 24.5 Å². The molecule has 0 atom stereocenters. The number of ether oxygens (including phenoxy) is 1. The first kappa shape index (κ1) is 27.4. The number of carbonyl (C=O) groups excluding carboxylic acids is 1. The van der Waals surface area contributed by atoms with Gasteiger partial charge in [-0.2, -0.15) is 13.2 Å². The fraction of sp³-hybridized carbons (Fsp3) is 0.393. The van der Waals surface area contributed by atoms with E-state index in [1.165, 1.54) is 5.56 Å². The predicted molar refractivity (Wildman–Crippen MR) is 140 cm³/mol. The van der Waals surface area contributed by atoms with Gasteiger partial charge < -0.3 is 20.7 Å². The van der Waals surface area contributed by atoms with E-state index in [9.17, 15) is 18.0 Å². The molecule has 0 unspecified atom stereocenters. The number of nitrogens with zero attached hydrogens (tertiary/aromatic N) is 3. The van der Waals surface area contributed by atoms with Gasteiger partial charge in [-0.1, -0.05) is 25.1 Å². The molecule has 1 saturated heterocycles. The Balaban J connectivity index is 1.54. The van der Waals surface area contributed by atoms with Crippen LogP contribution in [0.3, 0.4) is 0 Å². The van der Waals surface area contributed by atoms with Gasteiger partial charge in [-0.15, -0.1) is 0 Å². The van der Waals surface area contributed by atoms with E-state index in [4.69, 9.17) is 10.5 Å². The van der Waals surface area contributed by atoms with Crippen LogP contribution in [-0.4, -0.2) is 47.5 Å². The lowest BCUT2D eigenvalue weighted by molar-refractivity contribution is -0.138. The van der Waals surface area contributed by atoms with E-state index in [0.717, 1.165) is 38.7 Å². The van der Waals surface area contributed by atoms with Crippen molar-refractivity contribution in [3.05, 3.63) is 76.6 Å². The lowest BCUT2D eigenvalue weighted by atomic mass is 9.89. The maximum Gasteiger partial charge on any atom is 0.419 e. The van der Waals surface area contributed by atoms with Gasteiger partial charge in [0.1, 0.15) is 5.75 Å². The van der Waals surface area contributed by atoms with Crippen LogP contribution in [-0.2, 0) is 19.0 Å². The third-order valence-electron chi connectivity index (χ3n) is 7.01. The monoisotopic (exact) mass is 527 g/mol. The van der Waals surface area contributed by atoms with Gasteiger partial charge in [-0.3, -0.25) is 4.79 Å². The molecular formula is C28H32F3N5O2. The van der Waals surface area contributed by atoms with Crippen molar-refractivity contribution < 1.29 is 22.7 Å². The molecule has 38 heavy (non-hydrogen) atoms. The van der Waals surface area contributed by atoms with Crippen molar-refractivity contribution in [1.29, 1.82) is 0 Å². The van der Waals surface area contributed by atoms with Gasteiger partial charge in [0.2, 0.25) is 11.9 Å². The van der Waals surface area contributed by atoms with Crippen molar-refractivity contribution in [2.75, 3.05) is 32.1 Å². The van der Waals surface area contributed by atoms with E-state index < -0.39 is 17.6 Å². The molecule has 3 N–H and O–H groups in total. The summed E-state index contributed by atoms with van der Waals surface area (Å²) < 4.78 is 46.7. The number of aromatic nitrogens is 2. The Morgan fingerprint density at radius 1 is 1.16 bits per heavy atom. The average molecular weight is 528 g/mol. The highest BCUT2D eigenvalue weighted by Crippen LogP contribution is 2.36. The van der Waals surface area contributed by atoms with Crippen molar-refractivity contribution in [3.8, 4) is 5.75 Å². The Morgan fingerprint density at radius 2 is 1.92 bits per heavy atom. The smallest absolute Gasteiger partial charge is 0.419 e. The van der Waals surface area contributed by atoms with Gasteiger partial charge in [0.05, 0.1) is 24.1 Å². The molecule has 0 spiro atoms. The molecule has 1 aliphatic heterocycles. The van der Waals surface area contributed by atoms with Gasteiger partial charge >= 0.3 is 6.18 Å². The average Bonchev–Trinajstić information content (AvgIpc) is 2.91. The Kier molecular flexibility index (Phi) is 8.51. The Hall–Kier alpha value is -3.66. The number of primary amides is 1. The molecule has 2 heterocycles. The third-order valence-corrected chi connectivity index (χ3v) is 7.01. The standard InChI is InChI=1S/C28H32F3N5O2/c1-3-36-13-11-19(12-14-36)20-8-10-24(25(16-20)38-2)35-27-33-17-22(28(29,30)31)23(34-27)9-7-18-5-4-6-21(15-18)26(32)37/h4-6,8,10,15-17,19H,3,7,9,11-14H2,1-2H3,(H2,32,37)(H,33,34,35). The summed E-state index contributed by atoms with van der Waals surface area (Å²) in [7, 11) is 1.56. The van der Waals surface area contributed by atoms with Crippen molar-refractivity contribution >= 4 is 17.5 Å². The van der Waals surface area contributed by atoms with E-state index in [1.807, 2.05) is 18.2 Å². The number of likely N-dealkylation sites (tertiary alicyclic amines) is 1. The summed E-state index contributed by atoms with van der Waals surface area (Å²) in [6.45, 7) is 5.32. The zero-order chi connectivity index (χ0) is 27.3. The summed E-state index contributed by atoms with van der Waals surface area (Å²) in [5.41, 5.74) is 7.02. The molecule has 0 saturated carbocycles. The second kappa shape index (κ2) is 11.8. The maximum atomic E-state index is 13.7. The van der Waals surface area contributed by atoms with Crippen molar-refractivity contribution in [2.24, 2.45) is 5.73 Å². The number of nitrogens with two attached hydrogens (primary N) is 1. The molecule has 1 aliphatic rings. The minimum absolute atomic E-state index is 0.000783. The number of piperidine rings is 1. The molecule has 0 radical (unpaired) electrons.